The Labute approximate surface area is 127 Å². The number of hydrogen-bond donors (Lipinski definition) is 0. The number of aromatic nitrogens is 2. The molecule has 1 aromatic rings. The van der Waals surface area contributed by atoms with Gasteiger partial charge < -0.3 is 14.0 Å². The van der Waals surface area contributed by atoms with Crippen LogP contribution in [-0.4, -0.2) is 34.4 Å². The van der Waals surface area contributed by atoms with E-state index >= 15 is 0 Å². The topological polar surface area (TPSA) is 53.5 Å². The molecule has 6 heteroatoms. The third kappa shape index (κ3) is 2.90. The Balaban J connectivity index is 2.43. The standard InChI is InChI=1S/C13H21BN2O3/c1-9(2)17-11-8-15-10(7-16-11)14-18-12(3,4)13(5,6)19-14/h7-9H,1-6H3/i1D3,2D3,7D,8D,9D. The van der Waals surface area contributed by atoms with E-state index < -0.39 is 56.3 Å². The predicted molar refractivity (Wildman–Crippen MR) is 73.5 cm³/mol. The average molecular weight is 273 g/mol. The summed E-state index contributed by atoms with van der Waals surface area (Å²) in [7, 11) is -1.10. The molecule has 0 atom stereocenters. The van der Waals surface area contributed by atoms with Crippen molar-refractivity contribution < 1.29 is 26.4 Å². The fourth-order valence-corrected chi connectivity index (χ4v) is 1.47. The van der Waals surface area contributed by atoms with Crippen LogP contribution in [0.25, 0.3) is 0 Å². The fourth-order valence-electron chi connectivity index (χ4n) is 1.47. The maximum atomic E-state index is 8.01. The van der Waals surface area contributed by atoms with Crippen LogP contribution in [-0.2, 0) is 9.31 Å². The highest BCUT2D eigenvalue weighted by molar-refractivity contribution is 6.61. The quantitative estimate of drug-likeness (QED) is 0.782. The Kier molecular flexibility index (Phi) is 1.64. The maximum Gasteiger partial charge on any atom is 0.516 e. The molecule has 0 bridgehead atoms. The van der Waals surface area contributed by atoms with E-state index in [2.05, 4.69) is 9.97 Å². The van der Waals surface area contributed by atoms with E-state index in [0.29, 0.717) is 0 Å². The first-order chi connectivity index (χ1) is 12.3. The molecule has 0 saturated carbocycles. The molecule has 1 fully saturated rings. The van der Waals surface area contributed by atoms with Crippen LogP contribution in [0, 0.1) is 0 Å². The molecule has 0 spiro atoms. The first-order valence-electron chi connectivity index (χ1n) is 10.2. The Morgan fingerprint density at radius 1 is 1.26 bits per heavy atom. The summed E-state index contributed by atoms with van der Waals surface area (Å²) in [6.07, 6.45) is -4.68. The van der Waals surface area contributed by atoms with Crippen LogP contribution >= 0.6 is 0 Å². The smallest absolute Gasteiger partial charge is 0.474 e. The fraction of sp³-hybridized carbons (Fsp3) is 0.692. The van der Waals surface area contributed by atoms with Gasteiger partial charge in [-0.2, -0.15) is 0 Å². The first-order valence-corrected chi connectivity index (χ1v) is 5.72. The number of hydrogen-bond acceptors (Lipinski definition) is 5. The second-order valence-corrected chi connectivity index (χ2v) is 5.16. The Hall–Kier alpha value is -1.14. The predicted octanol–water partition coefficient (Wildman–Crippen LogP) is 1.56. The average Bonchev–Trinajstić information content (AvgIpc) is 2.68. The minimum atomic E-state index is -3.39. The minimum absolute atomic E-state index is 0.144. The van der Waals surface area contributed by atoms with Gasteiger partial charge in [-0.15, -0.1) is 0 Å². The summed E-state index contributed by atoms with van der Waals surface area (Å²) in [5, 5.41) is 0. The molecule has 104 valence electrons. The van der Waals surface area contributed by atoms with Crippen molar-refractivity contribution in [1.29, 1.82) is 0 Å². The van der Waals surface area contributed by atoms with Crippen LogP contribution in [0.15, 0.2) is 12.3 Å². The highest BCUT2D eigenvalue weighted by Gasteiger charge is 2.52. The van der Waals surface area contributed by atoms with Gasteiger partial charge in [-0.25, -0.2) is 4.98 Å². The van der Waals surface area contributed by atoms with Crippen molar-refractivity contribution in [2.45, 2.75) is 58.7 Å². The van der Waals surface area contributed by atoms with Crippen molar-refractivity contribution in [3.8, 4) is 5.88 Å². The van der Waals surface area contributed by atoms with E-state index in [0.717, 1.165) is 0 Å². The van der Waals surface area contributed by atoms with Crippen molar-refractivity contribution in [2.24, 2.45) is 0 Å². The van der Waals surface area contributed by atoms with Gasteiger partial charge in [-0.05, 0) is 41.4 Å². The lowest BCUT2D eigenvalue weighted by Gasteiger charge is -2.32. The molecule has 1 aliphatic heterocycles. The van der Waals surface area contributed by atoms with Crippen LogP contribution in [0.1, 0.15) is 53.7 Å². The zero-order valence-corrected chi connectivity index (χ0v) is 11.2. The van der Waals surface area contributed by atoms with E-state index in [1.165, 1.54) is 0 Å². The Bertz CT molecular complexity index is 737. The summed E-state index contributed by atoms with van der Waals surface area (Å²) >= 11 is 0. The molecular weight excluding hydrogens is 243 g/mol. The highest BCUT2D eigenvalue weighted by atomic mass is 16.7. The third-order valence-electron chi connectivity index (χ3n) is 3.22. The zero-order chi connectivity index (χ0) is 21.9. The van der Waals surface area contributed by atoms with Crippen LogP contribution in [0.3, 0.4) is 0 Å². The Morgan fingerprint density at radius 2 is 1.89 bits per heavy atom. The molecule has 0 radical (unpaired) electrons. The van der Waals surface area contributed by atoms with Gasteiger partial charge in [0, 0.05) is 14.4 Å². The monoisotopic (exact) mass is 273 g/mol. The van der Waals surface area contributed by atoms with Crippen LogP contribution in [0.2, 0.25) is 0 Å². The van der Waals surface area contributed by atoms with E-state index in [1.807, 2.05) is 0 Å². The van der Waals surface area contributed by atoms with Crippen molar-refractivity contribution in [1.82, 2.24) is 9.97 Å². The lowest BCUT2D eigenvalue weighted by atomic mass is 9.85. The molecule has 0 amide bonds. The third-order valence-corrected chi connectivity index (χ3v) is 3.22. The molecule has 2 rings (SSSR count). The number of rotatable bonds is 3. The minimum Gasteiger partial charge on any atom is -0.474 e. The van der Waals surface area contributed by atoms with Crippen LogP contribution in [0.4, 0.5) is 0 Å². The van der Waals surface area contributed by atoms with Gasteiger partial charge in [-0.3, -0.25) is 4.98 Å². The largest absolute Gasteiger partial charge is 0.516 e. The lowest BCUT2D eigenvalue weighted by molar-refractivity contribution is 0.00578. The molecule has 19 heavy (non-hydrogen) atoms. The van der Waals surface area contributed by atoms with Crippen molar-refractivity contribution in [2.75, 3.05) is 0 Å². The summed E-state index contributed by atoms with van der Waals surface area (Å²) < 4.78 is 84.2. The normalized spacial score (nSPS) is 29.7. The van der Waals surface area contributed by atoms with Gasteiger partial charge in [0.2, 0.25) is 5.88 Å². The molecule has 1 saturated heterocycles. The molecular formula is C13H21BN2O3. The van der Waals surface area contributed by atoms with E-state index in [-0.39, 0.29) is 5.59 Å². The lowest BCUT2D eigenvalue weighted by Crippen LogP contribution is -2.41. The molecule has 1 aromatic heterocycles. The highest BCUT2D eigenvalue weighted by Crippen LogP contribution is 2.36. The molecule has 2 heterocycles. The second kappa shape index (κ2) is 4.76. The van der Waals surface area contributed by atoms with Gasteiger partial charge in [0.15, 0.2) is 0 Å². The number of ether oxygens (including phenoxy) is 1. The zero-order valence-electron chi connectivity index (χ0n) is 20.2. The first kappa shape index (κ1) is 6.54. The van der Waals surface area contributed by atoms with Gasteiger partial charge >= 0.3 is 7.12 Å². The molecule has 5 nitrogen and oxygen atoms in total. The second-order valence-electron chi connectivity index (χ2n) is 5.16. The van der Waals surface area contributed by atoms with Crippen molar-refractivity contribution >= 4 is 12.7 Å². The molecule has 0 N–H and O–H groups in total. The van der Waals surface area contributed by atoms with Crippen molar-refractivity contribution in [3.63, 3.8) is 0 Å². The van der Waals surface area contributed by atoms with Crippen LogP contribution < -0.4 is 10.3 Å². The van der Waals surface area contributed by atoms with Gasteiger partial charge in [0.25, 0.3) is 0 Å². The van der Waals surface area contributed by atoms with Crippen LogP contribution in [0.5, 0.6) is 5.88 Å². The molecule has 1 aliphatic rings. The summed E-state index contributed by atoms with van der Waals surface area (Å²) in [4.78, 5) is 7.46. The van der Waals surface area contributed by atoms with Gasteiger partial charge in [0.05, 0.1) is 33.2 Å². The van der Waals surface area contributed by atoms with Crippen molar-refractivity contribution in [3.05, 3.63) is 12.3 Å². The summed E-state index contributed by atoms with van der Waals surface area (Å²) in [5.74, 6) is -0.854. The molecule has 0 aliphatic carbocycles. The molecule has 0 unspecified atom stereocenters. The summed E-state index contributed by atoms with van der Waals surface area (Å²) in [6, 6.07) is 0. The van der Waals surface area contributed by atoms with E-state index in [4.69, 9.17) is 26.4 Å². The maximum absolute atomic E-state index is 8.01. The van der Waals surface area contributed by atoms with Gasteiger partial charge in [0.1, 0.15) is 0 Å². The van der Waals surface area contributed by atoms with E-state index in [1.54, 1.807) is 27.7 Å². The summed E-state index contributed by atoms with van der Waals surface area (Å²) in [5.41, 5.74) is -1.61. The molecule has 0 aromatic carbocycles. The van der Waals surface area contributed by atoms with E-state index in [9.17, 15) is 0 Å². The van der Waals surface area contributed by atoms with Gasteiger partial charge in [-0.1, -0.05) is 0 Å². The SMILES string of the molecule is [2H]c1nc(B2OC(C)(C)C(C)(C)O2)c([2H])nc1OC([2H])(C([2H])([2H])[2H])C([2H])([2H])[2H]. The Morgan fingerprint density at radius 3 is 2.47 bits per heavy atom. The number of nitrogens with zero attached hydrogens (tertiary/aromatic N) is 2. The summed E-state index contributed by atoms with van der Waals surface area (Å²) in [6.45, 7) is 0.376.